The fraction of sp³-hybridized carbons (Fsp3) is 0.357. The zero-order chi connectivity index (χ0) is 15.2. The first-order chi connectivity index (χ1) is 9.48. The molecule has 0 saturated carbocycles. The van der Waals surface area contributed by atoms with Crippen molar-refractivity contribution in [3.05, 3.63) is 35.9 Å². The summed E-state index contributed by atoms with van der Waals surface area (Å²) in [6.45, 7) is 3.10. The Morgan fingerprint density at radius 1 is 1.00 bits per heavy atom. The summed E-state index contributed by atoms with van der Waals surface area (Å²) in [5.41, 5.74) is 3.39. The average molecular weight is 279 g/mol. The van der Waals surface area contributed by atoms with Gasteiger partial charge in [-0.15, -0.1) is 0 Å². The van der Waals surface area contributed by atoms with E-state index in [1.807, 2.05) is 0 Å². The zero-order valence-corrected chi connectivity index (χ0v) is 11.4. The summed E-state index contributed by atoms with van der Waals surface area (Å²) in [6, 6.07) is 7.82. The molecule has 0 aromatic heterocycles. The lowest BCUT2D eigenvalue weighted by molar-refractivity contribution is -0.160. The van der Waals surface area contributed by atoms with Crippen LogP contribution in [0.25, 0.3) is 0 Å². The molecule has 2 N–H and O–H groups in total. The van der Waals surface area contributed by atoms with Crippen LogP contribution in [0.3, 0.4) is 0 Å². The van der Waals surface area contributed by atoms with Crippen LogP contribution in [0.1, 0.15) is 24.2 Å². The van der Waals surface area contributed by atoms with E-state index >= 15 is 0 Å². The summed E-state index contributed by atoms with van der Waals surface area (Å²) in [5, 5.41) is 0. The van der Waals surface area contributed by atoms with Crippen LogP contribution >= 0.6 is 0 Å². The van der Waals surface area contributed by atoms with E-state index in [0.717, 1.165) is 0 Å². The van der Waals surface area contributed by atoms with Gasteiger partial charge < -0.3 is 9.47 Å². The molecule has 0 radical (unpaired) electrons. The standard InChI is InChI=1S/C14H17NO5/c1-3-19-12(17)14(15,13(18)20-4-2)11(16)10-8-6-5-7-9-10/h5-9H,3-4,15H2,1-2H3. The number of carbonyl (C=O) groups excluding carboxylic acids is 3. The summed E-state index contributed by atoms with van der Waals surface area (Å²) >= 11 is 0. The Labute approximate surface area is 116 Å². The molecule has 1 rings (SSSR count). The number of nitrogens with two attached hydrogens (primary N) is 1. The molecule has 20 heavy (non-hydrogen) atoms. The van der Waals surface area contributed by atoms with E-state index in [1.54, 1.807) is 32.0 Å². The number of benzene rings is 1. The molecule has 1 aromatic carbocycles. The second-order valence-corrected chi connectivity index (χ2v) is 3.94. The largest absolute Gasteiger partial charge is 0.464 e. The van der Waals surface area contributed by atoms with Gasteiger partial charge in [-0.25, -0.2) is 9.59 Å². The van der Waals surface area contributed by atoms with Crippen LogP contribution in [0.5, 0.6) is 0 Å². The van der Waals surface area contributed by atoms with E-state index < -0.39 is 23.3 Å². The van der Waals surface area contributed by atoms with Crippen molar-refractivity contribution in [3.8, 4) is 0 Å². The Balaban J connectivity index is 3.20. The molecule has 0 spiro atoms. The fourth-order valence-electron chi connectivity index (χ4n) is 1.58. The molecule has 0 heterocycles. The molecule has 0 atom stereocenters. The van der Waals surface area contributed by atoms with Crippen LogP contribution < -0.4 is 5.73 Å². The predicted molar refractivity (Wildman–Crippen MR) is 71.0 cm³/mol. The smallest absolute Gasteiger partial charge is 0.346 e. The molecule has 1 aromatic rings. The van der Waals surface area contributed by atoms with Crippen molar-refractivity contribution in [3.63, 3.8) is 0 Å². The highest BCUT2D eigenvalue weighted by Gasteiger charge is 2.52. The van der Waals surface area contributed by atoms with Crippen molar-refractivity contribution in [2.45, 2.75) is 19.4 Å². The number of hydrogen-bond donors (Lipinski definition) is 1. The Hall–Kier alpha value is -2.21. The molecule has 0 aliphatic heterocycles. The molecule has 6 nitrogen and oxygen atoms in total. The first-order valence-corrected chi connectivity index (χ1v) is 6.21. The predicted octanol–water partition coefficient (Wildman–Crippen LogP) is 0.693. The van der Waals surface area contributed by atoms with E-state index in [-0.39, 0.29) is 18.8 Å². The van der Waals surface area contributed by atoms with Crippen molar-refractivity contribution in [1.29, 1.82) is 0 Å². The van der Waals surface area contributed by atoms with Gasteiger partial charge in [0.1, 0.15) is 0 Å². The fourth-order valence-corrected chi connectivity index (χ4v) is 1.58. The number of ketones is 1. The van der Waals surface area contributed by atoms with Crippen LogP contribution in [-0.2, 0) is 19.1 Å². The first-order valence-electron chi connectivity index (χ1n) is 6.21. The molecule has 0 fully saturated rings. The number of ether oxygens (including phenoxy) is 2. The molecule has 0 unspecified atom stereocenters. The first kappa shape index (κ1) is 15.8. The van der Waals surface area contributed by atoms with Gasteiger partial charge in [0.2, 0.25) is 5.78 Å². The third kappa shape index (κ3) is 3.03. The van der Waals surface area contributed by atoms with Gasteiger partial charge in [0.05, 0.1) is 13.2 Å². The monoisotopic (exact) mass is 279 g/mol. The molecular formula is C14H17NO5. The lowest BCUT2D eigenvalue weighted by Gasteiger charge is -2.23. The highest BCUT2D eigenvalue weighted by atomic mass is 16.6. The lowest BCUT2D eigenvalue weighted by Crippen LogP contribution is -2.62. The minimum Gasteiger partial charge on any atom is -0.464 e. The molecule has 0 aliphatic carbocycles. The number of hydrogen-bond acceptors (Lipinski definition) is 6. The third-order valence-corrected chi connectivity index (χ3v) is 2.59. The lowest BCUT2D eigenvalue weighted by atomic mass is 9.90. The number of rotatable bonds is 6. The minimum absolute atomic E-state index is 0.000736. The summed E-state index contributed by atoms with van der Waals surface area (Å²) in [5.74, 6) is -3.09. The van der Waals surface area contributed by atoms with Crippen molar-refractivity contribution >= 4 is 17.7 Å². The van der Waals surface area contributed by atoms with Gasteiger partial charge in [-0.2, -0.15) is 0 Å². The quantitative estimate of drug-likeness (QED) is 0.467. The van der Waals surface area contributed by atoms with E-state index in [4.69, 9.17) is 15.2 Å². The van der Waals surface area contributed by atoms with Gasteiger partial charge in [-0.3, -0.25) is 10.5 Å². The highest BCUT2D eigenvalue weighted by Crippen LogP contribution is 2.15. The highest BCUT2D eigenvalue weighted by molar-refractivity contribution is 6.30. The van der Waals surface area contributed by atoms with Gasteiger partial charge in [0.15, 0.2) is 0 Å². The van der Waals surface area contributed by atoms with Crippen molar-refractivity contribution in [1.82, 2.24) is 0 Å². The summed E-state index contributed by atoms with van der Waals surface area (Å²) < 4.78 is 9.46. The van der Waals surface area contributed by atoms with Gasteiger partial charge >= 0.3 is 11.9 Å². The molecule has 108 valence electrons. The molecule has 0 saturated heterocycles. The maximum absolute atomic E-state index is 12.4. The Kier molecular flexibility index (Phi) is 5.40. The normalized spacial score (nSPS) is 10.8. The van der Waals surface area contributed by atoms with Gasteiger partial charge in [-0.1, -0.05) is 30.3 Å². The molecule has 6 heteroatoms. The maximum atomic E-state index is 12.4. The number of Topliss-reactive ketones (excluding diaryl/α,β-unsaturated/α-hetero) is 1. The van der Waals surface area contributed by atoms with Crippen LogP contribution in [0, 0.1) is 0 Å². The van der Waals surface area contributed by atoms with Gasteiger partial charge in [0, 0.05) is 5.56 Å². The van der Waals surface area contributed by atoms with E-state index in [9.17, 15) is 14.4 Å². The number of esters is 2. The Bertz CT molecular complexity index is 480. The minimum atomic E-state index is -2.48. The molecule has 0 amide bonds. The van der Waals surface area contributed by atoms with Gasteiger partial charge in [-0.05, 0) is 13.8 Å². The Morgan fingerprint density at radius 2 is 1.45 bits per heavy atom. The van der Waals surface area contributed by atoms with Crippen LogP contribution in [0.2, 0.25) is 0 Å². The maximum Gasteiger partial charge on any atom is 0.346 e. The topological polar surface area (TPSA) is 95.7 Å². The van der Waals surface area contributed by atoms with Crippen LogP contribution in [0.4, 0.5) is 0 Å². The number of carbonyl (C=O) groups is 3. The SMILES string of the molecule is CCOC(=O)C(N)(C(=O)OCC)C(=O)c1ccccc1. The summed E-state index contributed by atoms with van der Waals surface area (Å²) in [4.78, 5) is 36.2. The molecule has 0 aliphatic rings. The van der Waals surface area contributed by atoms with E-state index in [1.165, 1.54) is 12.1 Å². The molecule has 0 bridgehead atoms. The van der Waals surface area contributed by atoms with Crippen molar-refractivity contribution < 1.29 is 23.9 Å². The Morgan fingerprint density at radius 3 is 1.85 bits per heavy atom. The third-order valence-electron chi connectivity index (χ3n) is 2.59. The van der Waals surface area contributed by atoms with Crippen molar-refractivity contribution in [2.24, 2.45) is 5.73 Å². The second-order valence-electron chi connectivity index (χ2n) is 3.94. The van der Waals surface area contributed by atoms with Gasteiger partial charge in [0.25, 0.3) is 5.54 Å². The van der Waals surface area contributed by atoms with E-state index in [0.29, 0.717) is 0 Å². The average Bonchev–Trinajstić information content (AvgIpc) is 2.47. The summed E-state index contributed by atoms with van der Waals surface area (Å²) in [6.07, 6.45) is 0. The van der Waals surface area contributed by atoms with Crippen LogP contribution in [-0.4, -0.2) is 36.5 Å². The summed E-state index contributed by atoms with van der Waals surface area (Å²) in [7, 11) is 0. The van der Waals surface area contributed by atoms with Crippen molar-refractivity contribution in [2.75, 3.05) is 13.2 Å². The molecular weight excluding hydrogens is 262 g/mol. The van der Waals surface area contributed by atoms with E-state index in [2.05, 4.69) is 0 Å². The zero-order valence-electron chi connectivity index (χ0n) is 11.4. The second kappa shape index (κ2) is 6.81. The van der Waals surface area contributed by atoms with Crippen LogP contribution in [0.15, 0.2) is 30.3 Å².